The third-order valence-electron chi connectivity index (χ3n) is 2.73. The van der Waals surface area contributed by atoms with Gasteiger partial charge in [-0.3, -0.25) is 4.79 Å². The average Bonchev–Trinajstić information content (AvgIpc) is 2.75. The fraction of sp³-hybridized carbons (Fsp3) is 0.231. The van der Waals surface area contributed by atoms with Crippen LogP contribution < -0.4 is 4.74 Å². The molecule has 0 aliphatic rings. The Labute approximate surface area is 114 Å². The molecule has 0 atom stereocenters. The summed E-state index contributed by atoms with van der Waals surface area (Å²) in [5, 5.41) is 10.8. The van der Waals surface area contributed by atoms with Gasteiger partial charge in [-0.2, -0.15) is 0 Å². The number of ether oxygens (including phenoxy) is 1. The number of aryl methyl sites for hydroxylation is 2. The van der Waals surface area contributed by atoms with Crippen LogP contribution >= 0.6 is 0 Å². The van der Waals surface area contributed by atoms with Gasteiger partial charge in [0.05, 0.1) is 0 Å². The number of Topliss-reactive ketones (excluding diaryl/α,β-unsaturated/α-hetero) is 1. The predicted octanol–water partition coefficient (Wildman–Crippen LogP) is 2.20. The van der Waals surface area contributed by atoms with Crippen molar-refractivity contribution in [1.29, 1.82) is 0 Å². The van der Waals surface area contributed by atoms with Gasteiger partial charge < -0.3 is 19.8 Å². The van der Waals surface area contributed by atoms with Gasteiger partial charge in [-0.1, -0.05) is 0 Å². The lowest BCUT2D eigenvalue weighted by atomic mass is 10.1. The molecular formula is C13H13N3O4. The smallest absolute Gasteiger partial charge is 0.406 e. The van der Waals surface area contributed by atoms with E-state index in [0.29, 0.717) is 5.56 Å². The molecule has 0 unspecified atom stereocenters. The summed E-state index contributed by atoms with van der Waals surface area (Å²) >= 11 is 0. The van der Waals surface area contributed by atoms with Gasteiger partial charge in [0.1, 0.15) is 6.20 Å². The van der Waals surface area contributed by atoms with Crippen LogP contribution in [0.15, 0.2) is 24.4 Å². The van der Waals surface area contributed by atoms with E-state index in [9.17, 15) is 14.9 Å². The van der Waals surface area contributed by atoms with Crippen molar-refractivity contribution in [3.8, 4) is 5.75 Å². The number of aromatic nitrogens is 2. The third kappa shape index (κ3) is 2.82. The molecule has 0 saturated heterocycles. The first-order valence-corrected chi connectivity index (χ1v) is 5.90. The Hall–Kier alpha value is -2.70. The van der Waals surface area contributed by atoms with Crippen LogP contribution in [0.25, 0.3) is 0 Å². The minimum Gasteiger partial charge on any atom is -0.477 e. The quantitative estimate of drug-likeness (QED) is 0.512. The first-order chi connectivity index (χ1) is 9.49. The molecule has 0 aromatic carbocycles. The van der Waals surface area contributed by atoms with Crippen molar-refractivity contribution in [2.45, 2.75) is 13.8 Å². The maximum absolute atomic E-state index is 12.0. The highest BCUT2D eigenvalue weighted by atomic mass is 16.6. The molecule has 2 aromatic heterocycles. The zero-order chi connectivity index (χ0) is 14.7. The third-order valence-corrected chi connectivity index (χ3v) is 2.73. The molecule has 0 aliphatic carbocycles. The Morgan fingerprint density at radius 2 is 2.25 bits per heavy atom. The summed E-state index contributed by atoms with van der Waals surface area (Å²) in [6.07, 6.45) is 1.30. The van der Waals surface area contributed by atoms with E-state index in [1.807, 2.05) is 6.92 Å². The van der Waals surface area contributed by atoms with E-state index >= 15 is 0 Å². The minimum absolute atomic E-state index is 0.0178. The highest BCUT2D eigenvalue weighted by molar-refractivity contribution is 5.98. The highest BCUT2D eigenvalue weighted by Gasteiger charge is 2.18. The van der Waals surface area contributed by atoms with E-state index in [2.05, 4.69) is 9.97 Å². The van der Waals surface area contributed by atoms with Crippen molar-refractivity contribution in [3.05, 3.63) is 51.5 Å². The van der Waals surface area contributed by atoms with Crippen LogP contribution in [0.4, 0.5) is 5.82 Å². The Kier molecular flexibility index (Phi) is 3.79. The van der Waals surface area contributed by atoms with Crippen molar-refractivity contribution in [3.63, 3.8) is 0 Å². The molecule has 0 aliphatic heterocycles. The minimum atomic E-state index is -0.647. The van der Waals surface area contributed by atoms with Gasteiger partial charge >= 0.3 is 5.82 Å². The number of rotatable bonds is 5. The Morgan fingerprint density at radius 3 is 2.85 bits per heavy atom. The topological polar surface area (TPSA) is 98.1 Å². The number of pyridine rings is 1. The molecule has 0 amide bonds. The number of ketones is 1. The summed E-state index contributed by atoms with van der Waals surface area (Å²) in [5.74, 6) is -0.664. The van der Waals surface area contributed by atoms with Crippen LogP contribution in [0.5, 0.6) is 5.75 Å². The lowest BCUT2D eigenvalue weighted by Gasteiger charge is -2.05. The first-order valence-electron chi connectivity index (χ1n) is 5.90. The molecule has 0 radical (unpaired) electrons. The summed E-state index contributed by atoms with van der Waals surface area (Å²) in [6, 6.07) is 4.64. The molecule has 2 rings (SSSR count). The molecule has 104 valence electrons. The number of nitrogens with zero attached hydrogens (tertiary/aromatic N) is 2. The molecule has 20 heavy (non-hydrogen) atoms. The lowest BCUT2D eigenvalue weighted by molar-refractivity contribution is -0.390. The van der Waals surface area contributed by atoms with E-state index in [1.165, 1.54) is 18.3 Å². The van der Waals surface area contributed by atoms with Crippen LogP contribution in [0.3, 0.4) is 0 Å². The van der Waals surface area contributed by atoms with Gasteiger partial charge in [0.25, 0.3) is 0 Å². The monoisotopic (exact) mass is 275 g/mol. The number of nitro groups is 1. The molecule has 1 N–H and O–H groups in total. The van der Waals surface area contributed by atoms with E-state index in [1.54, 1.807) is 13.0 Å². The van der Waals surface area contributed by atoms with Crippen molar-refractivity contribution >= 4 is 11.6 Å². The second-order valence-corrected chi connectivity index (χ2v) is 4.29. The summed E-state index contributed by atoms with van der Waals surface area (Å²) < 4.78 is 5.21. The summed E-state index contributed by atoms with van der Waals surface area (Å²) in [4.78, 5) is 28.7. The van der Waals surface area contributed by atoms with Gasteiger partial charge in [-0.15, -0.1) is 0 Å². The van der Waals surface area contributed by atoms with E-state index in [0.717, 1.165) is 11.4 Å². The van der Waals surface area contributed by atoms with Crippen LogP contribution in [0.1, 0.15) is 21.7 Å². The number of H-pyrrole nitrogens is 1. The number of aromatic amines is 1. The highest BCUT2D eigenvalue weighted by Crippen LogP contribution is 2.23. The summed E-state index contributed by atoms with van der Waals surface area (Å²) in [7, 11) is 0. The number of hydrogen-bond donors (Lipinski definition) is 1. The van der Waals surface area contributed by atoms with E-state index < -0.39 is 10.7 Å². The SMILES string of the molecule is Cc1cc(C(=O)COc2cccnc2[N+](=O)[O-])c(C)[nH]1. The number of nitrogens with one attached hydrogen (secondary N) is 1. The molecule has 0 saturated carbocycles. The molecule has 0 spiro atoms. The fourth-order valence-corrected chi connectivity index (χ4v) is 1.87. The van der Waals surface area contributed by atoms with Gasteiger partial charge in [-0.05, 0) is 42.0 Å². The zero-order valence-electron chi connectivity index (χ0n) is 11.0. The van der Waals surface area contributed by atoms with Gasteiger partial charge in [-0.25, -0.2) is 0 Å². The second-order valence-electron chi connectivity index (χ2n) is 4.29. The Bertz CT molecular complexity index is 663. The van der Waals surface area contributed by atoms with Crippen molar-refractivity contribution in [2.75, 3.05) is 6.61 Å². The maximum Gasteiger partial charge on any atom is 0.406 e. The number of carbonyl (C=O) groups is 1. The van der Waals surface area contributed by atoms with E-state index in [-0.39, 0.29) is 18.1 Å². The summed E-state index contributed by atoms with van der Waals surface area (Å²) in [5.41, 5.74) is 2.14. The van der Waals surface area contributed by atoms with Crippen molar-refractivity contribution < 1.29 is 14.5 Å². The number of carbonyl (C=O) groups excluding carboxylic acids is 1. The summed E-state index contributed by atoms with van der Waals surface area (Å²) in [6.45, 7) is 3.36. The second kappa shape index (κ2) is 5.52. The fourth-order valence-electron chi connectivity index (χ4n) is 1.87. The molecular weight excluding hydrogens is 262 g/mol. The predicted molar refractivity (Wildman–Crippen MR) is 71.0 cm³/mol. The normalized spacial score (nSPS) is 10.3. The Morgan fingerprint density at radius 1 is 1.50 bits per heavy atom. The lowest BCUT2D eigenvalue weighted by Crippen LogP contribution is -2.13. The van der Waals surface area contributed by atoms with E-state index in [4.69, 9.17) is 4.74 Å². The van der Waals surface area contributed by atoms with Gasteiger partial charge in [0.2, 0.25) is 11.5 Å². The number of hydrogen-bond acceptors (Lipinski definition) is 5. The molecule has 2 heterocycles. The van der Waals surface area contributed by atoms with Crippen molar-refractivity contribution in [1.82, 2.24) is 9.97 Å². The zero-order valence-corrected chi connectivity index (χ0v) is 11.0. The largest absolute Gasteiger partial charge is 0.477 e. The van der Waals surface area contributed by atoms with Gasteiger partial charge in [0, 0.05) is 17.0 Å². The van der Waals surface area contributed by atoms with Crippen molar-refractivity contribution in [2.24, 2.45) is 0 Å². The molecule has 7 heteroatoms. The Balaban J connectivity index is 2.11. The van der Waals surface area contributed by atoms with Crippen LogP contribution in [0.2, 0.25) is 0 Å². The molecule has 7 nitrogen and oxygen atoms in total. The molecule has 0 bridgehead atoms. The van der Waals surface area contributed by atoms with Crippen LogP contribution in [0, 0.1) is 24.0 Å². The molecule has 0 fully saturated rings. The van der Waals surface area contributed by atoms with Gasteiger partial charge in [0.15, 0.2) is 6.61 Å². The van der Waals surface area contributed by atoms with Crippen LogP contribution in [-0.2, 0) is 0 Å². The molecule has 2 aromatic rings. The standard InChI is InChI=1S/C13H13N3O4/c1-8-6-10(9(2)15-8)11(17)7-20-12-4-3-5-14-13(12)16(18)19/h3-6,15H,7H2,1-2H3. The van der Waals surface area contributed by atoms with Crippen LogP contribution in [-0.4, -0.2) is 27.3 Å². The first kappa shape index (κ1) is 13.7. The maximum atomic E-state index is 12.0. The average molecular weight is 275 g/mol.